The van der Waals surface area contributed by atoms with Crippen molar-refractivity contribution in [1.29, 1.82) is 0 Å². The Bertz CT molecular complexity index is 1070. The Labute approximate surface area is 195 Å². The number of anilines is 1. The van der Waals surface area contributed by atoms with Crippen molar-refractivity contribution in [1.82, 2.24) is 14.9 Å². The molecule has 3 heterocycles. The molecular weight excluding hydrogens is 449 g/mol. The number of rotatable bonds is 5. The fraction of sp³-hybridized carbons (Fsp3) is 0.458. The number of aromatic nitrogens is 2. The second kappa shape index (κ2) is 9.90. The summed E-state index contributed by atoms with van der Waals surface area (Å²) in [5, 5.41) is 9.23. The van der Waals surface area contributed by atoms with E-state index in [1.54, 1.807) is 12.4 Å². The number of piperidine rings is 1. The maximum Gasteiger partial charge on any atom is 0.419 e. The molecule has 34 heavy (non-hydrogen) atoms. The molecule has 182 valence electrons. The van der Waals surface area contributed by atoms with Gasteiger partial charge in [0.1, 0.15) is 11.6 Å². The van der Waals surface area contributed by atoms with Crippen molar-refractivity contribution >= 4 is 17.5 Å². The largest absolute Gasteiger partial charge is 0.493 e. The van der Waals surface area contributed by atoms with Gasteiger partial charge in [-0.2, -0.15) is 13.2 Å². The summed E-state index contributed by atoms with van der Waals surface area (Å²) in [5.41, 5.74) is 1.93. The Hall–Kier alpha value is -3.30. The lowest BCUT2D eigenvalue weighted by Crippen LogP contribution is -2.38. The zero-order chi connectivity index (χ0) is 24.3. The number of hydrogen-bond donors (Lipinski definition) is 1. The second-order valence-corrected chi connectivity index (χ2v) is 8.73. The minimum absolute atomic E-state index is 0.0558. The van der Waals surface area contributed by atoms with E-state index in [4.69, 9.17) is 9.72 Å². The number of para-hydroxylation sites is 1. The van der Waals surface area contributed by atoms with E-state index in [-0.39, 0.29) is 18.3 Å². The minimum Gasteiger partial charge on any atom is -0.493 e. The predicted octanol–water partition coefficient (Wildman–Crippen LogP) is 4.95. The van der Waals surface area contributed by atoms with Crippen LogP contribution in [0.25, 0.3) is 5.57 Å². The van der Waals surface area contributed by atoms with Crippen LogP contribution in [0, 0.1) is 5.92 Å². The standard InChI is InChI=1S/C24H27F3N4O3/c1-16-13-31(23(32)33)10-8-18(16)20-11-28-12-22(29-20)30-9-4-5-17(14-30)15-34-21-7-3-2-6-19(21)24(25,26)27/h2-3,6-7,11-12,17H,4-5,8-10,13-15H2,1H3,(H,32,33). The van der Waals surface area contributed by atoms with Gasteiger partial charge in [-0.1, -0.05) is 12.1 Å². The molecule has 0 spiro atoms. The molecule has 1 saturated heterocycles. The third kappa shape index (κ3) is 5.43. The Morgan fingerprint density at radius 3 is 2.76 bits per heavy atom. The van der Waals surface area contributed by atoms with E-state index < -0.39 is 17.8 Å². The van der Waals surface area contributed by atoms with Gasteiger partial charge in [-0.15, -0.1) is 0 Å². The molecule has 7 nitrogen and oxygen atoms in total. The zero-order valence-corrected chi connectivity index (χ0v) is 18.9. The molecule has 0 saturated carbocycles. The number of hydrogen-bond acceptors (Lipinski definition) is 5. The highest BCUT2D eigenvalue weighted by Gasteiger charge is 2.34. The molecule has 2 aromatic rings. The second-order valence-electron chi connectivity index (χ2n) is 8.73. The average molecular weight is 476 g/mol. The molecule has 2 aliphatic heterocycles. The van der Waals surface area contributed by atoms with Crippen molar-refractivity contribution in [2.75, 3.05) is 37.7 Å². The average Bonchev–Trinajstić information content (AvgIpc) is 2.82. The van der Waals surface area contributed by atoms with Crippen LogP contribution in [0.15, 0.2) is 42.2 Å². The van der Waals surface area contributed by atoms with Crippen LogP contribution in [0.5, 0.6) is 5.75 Å². The van der Waals surface area contributed by atoms with Crippen molar-refractivity contribution < 1.29 is 27.8 Å². The summed E-state index contributed by atoms with van der Waals surface area (Å²) < 4.78 is 45.3. The number of ether oxygens (including phenoxy) is 1. The number of benzene rings is 1. The Kier molecular flexibility index (Phi) is 6.95. The first-order chi connectivity index (χ1) is 16.2. The third-order valence-corrected chi connectivity index (χ3v) is 6.29. The van der Waals surface area contributed by atoms with E-state index in [2.05, 4.69) is 9.88 Å². The van der Waals surface area contributed by atoms with Gasteiger partial charge in [0, 0.05) is 32.1 Å². The number of carboxylic acid groups (broad SMARTS) is 1. The first-order valence-electron chi connectivity index (χ1n) is 11.2. The lowest BCUT2D eigenvalue weighted by Gasteiger charge is -2.34. The lowest BCUT2D eigenvalue weighted by molar-refractivity contribution is -0.139. The zero-order valence-electron chi connectivity index (χ0n) is 18.9. The van der Waals surface area contributed by atoms with E-state index >= 15 is 0 Å². The van der Waals surface area contributed by atoms with Gasteiger partial charge < -0.3 is 19.6 Å². The molecule has 1 unspecified atom stereocenters. The molecule has 0 radical (unpaired) electrons. The smallest absolute Gasteiger partial charge is 0.419 e. The third-order valence-electron chi connectivity index (χ3n) is 6.29. The van der Waals surface area contributed by atoms with Gasteiger partial charge in [-0.05, 0) is 49.5 Å². The molecule has 0 bridgehead atoms. The first kappa shape index (κ1) is 23.8. The Morgan fingerprint density at radius 2 is 2.03 bits per heavy atom. The van der Waals surface area contributed by atoms with Crippen molar-refractivity contribution in [2.24, 2.45) is 5.92 Å². The molecule has 1 fully saturated rings. The Balaban J connectivity index is 1.44. The van der Waals surface area contributed by atoms with Crippen LogP contribution in [0.3, 0.4) is 0 Å². The van der Waals surface area contributed by atoms with Crippen LogP contribution in [0.2, 0.25) is 0 Å². The summed E-state index contributed by atoms with van der Waals surface area (Å²) in [5.74, 6) is 0.614. The van der Waals surface area contributed by atoms with Gasteiger partial charge in [0.2, 0.25) is 0 Å². The molecule has 1 amide bonds. The molecule has 1 N–H and O–H groups in total. The number of carbonyl (C=O) groups is 1. The monoisotopic (exact) mass is 476 g/mol. The molecular formula is C24H27F3N4O3. The van der Waals surface area contributed by atoms with E-state index in [9.17, 15) is 23.1 Å². The van der Waals surface area contributed by atoms with E-state index in [1.165, 1.54) is 23.1 Å². The summed E-state index contributed by atoms with van der Waals surface area (Å²) in [4.78, 5) is 23.9. The van der Waals surface area contributed by atoms with Crippen LogP contribution in [0.4, 0.5) is 23.8 Å². The highest BCUT2D eigenvalue weighted by molar-refractivity contribution is 5.72. The molecule has 0 aliphatic carbocycles. The van der Waals surface area contributed by atoms with E-state index in [0.29, 0.717) is 31.9 Å². The molecule has 1 atom stereocenters. The maximum atomic E-state index is 13.2. The van der Waals surface area contributed by atoms with E-state index in [0.717, 1.165) is 42.3 Å². The van der Waals surface area contributed by atoms with Crippen molar-refractivity contribution in [3.63, 3.8) is 0 Å². The van der Waals surface area contributed by atoms with Crippen LogP contribution in [0.1, 0.15) is 37.4 Å². The highest BCUT2D eigenvalue weighted by Crippen LogP contribution is 2.36. The SMILES string of the molecule is CC1=C(c2cncc(N3CCCC(COc4ccccc4C(F)(F)F)C3)n2)CCN(C(=O)O)C1. The quantitative estimate of drug-likeness (QED) is 0.658. The maximum absolute atomic E-state index is 13.2. The highest BCUT2D eigenvalue weighted by atomic mass is 19.4. The number of amides is 1. The molecule has 1 aromatic heterocycles. The molecule has 4 rings (SSSR count). The predicted molar refractivity (Wildman–Crippen MR) is 121 cm³/mol. The summed E-state index contributed by atoms with van der Waals surface area (Å²) in [6, 6.07) is 5.27. The Morgan fingerprint density at radius 1 is 1.24 bits per heavy atom. The van der Waals surface area contributed by atoms with Crippen LogP contribution < -0.4 is 9.64 Å². The fourth-order valence-corrected chi connectivity index (χ4v) is 4.53. The van der Waals surface area contributed by atoms with Gasteiger partial charge in [-0.25, -0.2) is 9.78 Å². The minimum atomic E-state index is -4.46. The van der Waals surface area contributed by atoms with Crippen molar-refractivity contribution in [3.8, 4) is 5.75 Å². The van der Waals surface area contributed by atoms with Gasteiger partial charge in [0.15, 0.2) is 0 Å². The summed E-state index contributed by atoms with van der Waals surface area (Å²) in [6.07, 6.45) is 0.288. The number of halogens is 3. The van der Waals surface area contributed by atoms with Gasteiger partial charge >= 0.3 is 12.3 Å². The number of nitrogens with zero attached hydrogens (tertiary/aromatic N) is 4. The summed E-state index contributed by atoms with van der Waals surface area (Å²) in [6.45, 7) is 4.24. The summed E-state index contributed by atoms with van der Waals surface area (Å²) in [7, 11) is 0. The van der Waals surface area contributed by atoms with Gasteiger partial charge in [0.05, 0.1) is 30.3 Å². The fourth-order valence-electron chi connectivity index (χ4n) is 4.53. The molecule has 1 aromatic carbocycles. The van der Waals surface area contributed by atoms with Gasteiger partial charge in [-0.3, -0.25) is 4.98 Å². The van der Waals surface area contributed by atoms with E-state index in [1.807, 2.05) is 6.92 Å². The van der Waals surface area contributed by atoms with Crippen LogP contribution in [-0.2, 0) is 6.18 Å². The topological polar surface area (TPSA) is 78.8 Å². The normalized spacial score (nSPS) is 19.4. The van der Waals surface area contributed by atoms with Crippen molar-refractivity contribution in [2.45, 2.75) is 32.4 Å². The summed E-state index contributed by atoms with van der Waals surface area (Å²) >= 11 is 0. The van der Waals surface area contributed by atoms with Gasteiger partial charge in [0.25, 0.3) is 0 Å². The van der Waals surface area contributed by atoms with Crippen LogP contribution in [-0.4, -0.2) is 58.9 Å². The van der Waals surface area contributed by atoms with Crippen LogP contribution >= 0.6 is 0 Å². The lowest BCUT2D eigenvalue weighted by atomic mass is 9.98. The number of alkyl halides is 3. The van der Waals surface area contributed by atoms with Crippen molar-refractivity contribution in [3.05, 3.63) is 53.5 Å². The molecule has 2 aliphatic rings. The first-order valence-corrected chi connectivity index (χ1v) is 11.2. The molecule has 10 heteroatoms.